The molecule has 148 valence electrons. The molecule has 2 aromatic rings. The predicted molar refractivity (Wildman–Crippen MR) is 110 cm³/mol. The highest BCUT2D eigenvalue weighted by atomic mass is 32.1. The van der Waals surface area contributed by atoms with Gasteiger partial charge in [0.1, 0.15) is 0 Å². The number of aliphatic hydroxyl groups is 1. The second kappa shape index (κ2) is 8.60. The number of benzene rings is 1. The van der Waals surface area contributed by atoms with Crippen molar-refractivity contribution in [3.05, 3.63) is 69.9 Å². The van der Waals surface area contributed by atoms with E-state index in [9.17, 15) is 9.90 Å². The van der Waals surface area contributed by atoms with Gasteiger partial charge in [-0.15, -0.1) is 0 Å². The molecular weight excluding hydrogens is 372 g/mol. The molecule has 5 heteroatoms. The SMILES string of the molecule is O=C(O)c1ccc(CC[C@H]2[C@H](C=CC(O)Cc3ccsc3)[C@@H]3CC[C@H]2O3)cc1. The summed E-state index contributed by atoms with van der Waals surface area (Å²) in [6.45, 7) is 0. The van der Waals surface area contributed by atoms with Crippen molar-refractivity contribution in [3.8, 4) is 0 Å². The van der Waals surface area contributed by atoms with Gasteiger partial charge in [0, 0.05) is 12.3 Å². The van der Waals surface area contributed by atoms with Crippen LogP contribution in [0, 0.1) is 11.8 Å². The fraction of sp³-hybridized carbons (Fsp3) is 0.435. The molecule has 2 saturated heterocycles. The van der Waals surface area contributed by atoms with E-state index in [0.717, 1.165) is 31.2 Å². The summed E-state index contributed by atoms with van der Waals surface area (Å²) in [6.07, 6.45) is 9.06. The molecule has 2 aliphatic rings. The largest absolute Gasteiger partial charge is 0.478 e. The lowest BCUT2D eigenvalue weighted by Crippen LogP contribution is -2.26. The lowest BCUT2D eigenvalue weighted by atomic mass is 9.76. The minimum absolute atomic E-state index is 0.272. The first-order valence-corrected chi connectivity index (χ1v) is 10.9. The van der Waals surface area contributed by atoms with Gasteiger partial charge in [0.25, 0.3) is 0 Å². The molecule has 3 heterocycles. The van der Waals surface area contributed by atoms with Crippen molar-refractivity contribution in [2.75, 3.05) is 0 Å². The summed E-state index contributed by atoms with van der Waals surface area (Å²) in [5.74, 6) is -0.0732. The van der Waals surface area contributed by atoms with Crippen LogP contribution in [-0.2, 0) is 17.6 Å². The third-order valence-corrected chi connectivity index (χ3v) is 6.77. The monoisotopic (exact) mass is 398 g/mol. The number of rotatable bonds is 8. The van der Waals surface area contributed by atoms with Crippen molar-refractivity contribution < 1.29 is 19.7 Å². The van der Waals surface area contributed by atoms with Crippen molar-refractivity contribution in [1.82, 2.24) is 0 Å². The molecule has 0 saturated carbocycles. The molecule has 0 aliphatic carbocycles. The van der Waals surface area contributed by atoms with Gasteiger partial charge in [-0.3, -0.25) is 0 Å². The Kier molecular flexibility index (Phi) is 5.95. The van der Waals surface area contributed by atoms with E-state index in [0.29, 0.717) is 29.9 Å². The second-order valence-corrected chi connectivity index (χ2v) is 8.64. The lowest BCUT2D eigenvalue weighted by molar-refractivity contribution is 0.0697. The summed E-state index contributed by atoms with van der Waals surface area (Å²) in [4.78, 5) is 11.0. The van der Waals surface area contributed by atoms with Crippen LogP contribution < -0.4 is 0 Å². The van der Waals surface area contributed by atoms with E-state index in [1.54, 1.807) is 23.5 Å². The number of aliphatic hydroxyl groups excluding tert-OH is 1. The number of thiophene rings is 1. The average Bonchev–Trinajstić information content (AvgIpc) is 3.43. The zero-order chi connectivity index (χ0) is 19.5. The quantitative estimate of drug-likeness (QED) is 0.650. The highest BCUT2D eigenvalue weighted by molar-refractivity contribution is 7.07. The van der Waals surface area contributed by atoms with Gasteiger partial charge >= 0.3 is 5.97 Å². The summed E-state index contributed by atoms with van der Waals surface area (Å²) >= 11 is 1.65. The molecule has 28 heavy (non-hydrogen) atoms. The van der Waals surface area contributed by atoms with Gasteiger partial charge in [-0.05, 0) is 71.7 Å². The van der Waals surface area contributed by atoms with Crippen LogP contribution in [0.2, 0.25) is 0 Å². The van der Waals surface area contributed by atoms with E-state index < -0.39 is 12.1 Å². The normalized spacial score (nSPS) is 27.5. The van der Waals surface area contributed by atoms with E-state index in [1.165, 1.54) is 5.56 Å². The Labute approximate surface area is 169 Å². The van der Waals surface area contributed by atoms with Crippen molar-refractivity contribution in [3.63, 3.8) is 0 Å². The number of aryl methyl sites for hydroxylation is 1. The summed E-state index contributed by atoms with van der Waals surface area (Å²) < 4.78 is 6.17. The maximum absolute atomic E-state index is 11.0. The summed E-state index contributed by atoms with van der Waals surface area (Å²) in [7, 11) is 0. The third kappa shape index (κ3) is 4.37. The molecule has 1 unspecified atom stereocenters. The van der Waals surface area contributed by atoms with Gasteiger partial charge < -0.3 is 14.9 Å². The Morgan fingerprint density at radius 3 is 2.68 bits per heavy atom. The molecule has 5 atom stereocenters. The van der Waals surface area contributed by atoms with Crippen LogP contribution in [0.5, 0.6) is 0 Å². The maximum Gasteiger partial charge on any atom is 0.335 e. The summed E-state index contributed by atoms with van der Waals surface area (Å²) in [5.41, 5.74) is 2.66. The minimum Gasteiger partial charge on any atom is -0.478 e. The van der Waals surface area contributed by atoms with Crippen molar-refractivity contribution in [2.45, 2.75) is 50.4 Å². The van der Waals surface area contributed by atoms with Crippen LogP contribution in [0.3, 0.4) is 0 Å². The molecule has 4 rings (SSSR count). The van der Waals surface area contributed by atoms with E-state index in [-0.39, 0.29) is 6.10 Å². The van der Waals surface area contributed by atoms with Gasteiger partial charge in [-0.2, -0.15) is 11.3 Å². The number of hydrogen-bond donors (Lipinski definition) is 2. The van der Waals surface area contributed by atoms with E-state index in [2.05, 4.69) is 17.5 Å². The Bertz CT molecular complexity index is 812. The number of carbonyl (C=O) groups is 1. The first-order chi connectivity index (χ1) is 13.6. The number of hydrogen-bond acceptors (Lipinski definition) is 4. The van der Waals surface area contributed by atoms with Gasteiger partial charge in [0.2, 0.25) is 0 Å². The first-order valence-electron chi connectivity index (χ1n) is 9.95. The fourth-order valence-corrected chi connectivity index (χ4v) is 5.26. The molecule has 2 N–H and O–H groups in total. The van der Waals surface area contributed by atoms with E-state index in [4.69, 9.17) is 9.84 Å². The number of aromatic carboxylic acids is 1. The standard InChI is InChI=1S/C23H26O4S/c24-18(13-16-11-12-28-14-16)6-8-20-19(21-9-10-22(20)27-21)7-3-15-1-4-17(5-2-15)23(25)26/h1-2,4-6,8,11-12,14,18-22,24H,3,7,9-10,13H2,(H,25,26)/t18?,19-,20-,21+,22-/m0/s1. The van der Waals surface area contributed by atoms with Crippen LogP contribution in [0.25, 0.3) is 0 Å². The molecule has 1 aromatic heterocycles. The topological polar surface area (TPSA) is 66.8 Å². The average molecular weight is 399 g/mol. The molecule has 0 spiro atoms. The smallest absolute Gasteiger partial charge is 0.335 e. The van der Waals surface area contributed by atoms with Gasteiger partial charge in [0.05, 0.1) is 23.9 Å². The number of carboxylic acids is 1. The van der Waals surface area contributed by atoms with Crippen LogP contribution in [0.1, 0.15) is 40.7 Å². The number of fused-ring (bicyclic) bond motifs is 2. The summed E-state index contributed by atoms with van der Waals surface area (Å²) in [5, 5.41) is 23.5. The van der Waals surface area contributed by atoms with Crippen LogP contribution in [0.15, 0.2) is 53.2 Å². The van der Waals surface area contributed by atoms with Gasteiger partial charge in [-0.25, -0.2) is 4.79 Å². The summed E-state index contributed by atoms with van der Waals surface area (Å²) in [6, 6.07) is 9.22. The second-order valence-electron chi connectivity index (χ2n) is 7.86. The zero-order valence-electron chi connectivity index (χ0n) is 15.7. The zero-order valence-corrected chi connectivity index (χ0v) is 16.6. The van der Waals surface area contributed by atoms with Crippen molar-refractivity contribution >= 4 is 17.3 Å². The number of ether oxygens (including phenoxy) is 1. The fourth-order valence-electron chi connectivity index (χ4n) is 4.58. The Morgan fingerprint density at radius 1 is 1.18 bits per heavy atom. The molecule has 2 bridgehead atoms. The van der Waals surface area contributed by atoms with Crippen molar-refractivity contribution in [1.29, 1.82) is 0 Å². The first kappa shape index (κ1) is 19.4. The van der Waals surface area contributed by atoms with E-state index in [1.807, 2.05) is 23.6 Å². The van der Waals surface area contributed by atoms with Crippen LogP contribution in [-0.4, -0.2) is 34.5 Å². The van der Waals surface area contributed by atoms with Gasteiger partial charge in [-0.1, -0.05) is 24.3 Å². The molecule has 2 fully saturated rings. The van der Waals surface area contributed by atoms with Crippen LogP contribution >= 0.6 is 11.3 Å². The molecule has 4 nitrogen and oxygen atoms in total. The highest BCUT2D eigenvalue weighted by Crippen LogP contribution is 2.46. The Balaban J connectivity index is 1.36. The predicted octanol–water partition coefficient (Wildman–Crippen LogP) is 4.33. The molecular formula is C23H26O4S. The Morgan fingerprint density at radius 2 is 1.96 bits per heavy atom. The maximum atomic E-state index is 11.0. The minimum atomic E-state index is -0.890. The Hall–Kier alpha value is -1.95. The van der Waals surface area contributed by atoms with Gasteiger partial charge in [0.15, 0.2) is 0 Å². The molecule has 1 aromatic carbocycles. The number of carboxylic acid groups (broad SMARTS) is 1. The molecule has 2 aliphatic heterocycles. The van der Waals surface area contributed by atoms with E-state index >= 15 is 0 Å². The molecule has 0 radical (unpaired) electrons. The van der Waals surface area contributed by atoms with Crippen molar-refractivity contribution in [2.24, 2.45) is 11.8 Å². The van der Waals surface area contributed by atoms with Crippen LogP contribution in [0.4, 0.5) is 0 Å². The molecule has 0 amide bonds. The third-order valence-electron chi connectivity index (χ3n) is 6.03. The highest BCUT2D eigenvalue weighted by Gasteiger charge is 2.47. The lowest BCUT2D eigenvalue weighted by Gasteiger charge is -2.26.